The molecule has 0 bridgehead atoms. The average Bonchev–Trinajstić information content (AvgIpc) is 2.30. The van der Waals surface area contributed by atoms with Gasteiger partial charge < -0.3 is 15.0 Å². The fraction of sp³-hybridized carbons (Fsp3) is 0.600. The average molecular weight is 248 g/mol. The SMILES string of the molecule is CNCC1COCCN1c1c(C)cc(C)cc1C. The Balaban J connectivity index is 2.33. The lowest BCUT2D eigenvalue weighted by atomic mass is 10.0. The maximum absolute atomic E-state index is 5.61. The Kier molecular flexibility index (Phi) is 4.25. The maximum atomic E-state index is 5.61. The number of benzene rings is 1. The molecule has 0 amide bonds. The summed E-state index contributed by atoms with van der Waals surface area (Å²) in [6.45, 7) is 10.2. The van der Waals surface area contributed by atoms with Crippen molar-refractivity contribution in [1.82, 2.24) is 5.32 Å². The molecule has 1 aromatic rings. The molecular weight excluding hydrogens is 224 g/mol. The Labute approximate surface area is 110 Å². The summed E-state index contributed by atoms with van der Waals surface area (Å²) < 4.78 is 5.61. The number of ether oxygens (including phenoxy) is 1. The minimum Gasteiger partial charge on any atom is -0.377 e. The summed E-state index contributed by atoms with van der Waals surface area (Å²) in [5, 5.41) is 3.27. The summed E-state index contributed by atoms with van der Waals surface area (Å²) in [4.78, 5) is 2.50. The second-order valence-corrected chi connectivity index (χ2v) is 5.23. The van der Waals surface area contributed by atoms with E-state index in [1.54, 1.807) is 0 Å². The monoisotopic (exact) mass is 248 g/mol. The molecule has 0 aromatic heterocycles. The predicted molar refractivity (Wildman–Crippen MR) is 76.5 cm³/mol. The zero-order chi connectivity index (χ0) is 13.1. The molecule has 0 radical (unpaired) electrons. The van der Waals surface area contributed by atoms with Gasteiger partial charge >= 0.3 is 0 Å². The van der Waals surface area contributed by atoms with Gasteiger partial charge in [-0.25, -0.2) is 0 Å². The normalized spacial score (nSPS) is 20.2. The van der Waals surface area contributed by atoms with Crippen molar-refractivity contribution in [3.63, 3.8) is 0 Å². The van der Waals surface area contributed by atoms with Crippen LogP contribution in [0.3, 0.4) is 0 Å². The Morgan fingerprint density at radius 2 is 1.94 bits per heavy atom. The quantitative estimate of drug-likeness (QED) is 0.886. The van der Waals surface area contributed by atoms with Crippen molar-refractivity contribution in [3.05, 3.63) is 28.8 Å². The zero-order valence-electron chi connectivity index (χ0n) is 11.9. The number of hydrogen-bond acceptors (Lipinski definition) is 3. The van der Waals surface area contributed by atoms with Crippen LogP contribution in [0.25, 0.3) is 0 Å². The van der Waals surface area contributed by atoms with Crippen LogP contribution in [0.1, 0.15) is 16.7 Å². The van der Waals surface area contributed by atoms with E-state index in [9.17, 15) is 0 Å². The Bertz CT molecular complexity index is 392. The number of anilines is 1. The molecule has 18 heavy (non-hydrogen) atoms. The van der Waals surface area contributed by atoms with Gasteiger partial charge in [-0.2, -0.15) is 0 Å². The molecule has 0 spiro atoms. The van der Waals surface area contributed by atoms with Crippen molar-refractivity contribution < 1.29 is 4.74 Å². The maximum Gasteiger partial charge on any atom is 0.0683 e. The molecule has 3 nitrogen and oxygen atoms in total. The summed E-state index contributed by atoms with van der Waals surface area (Å²) in [6, 6.07) is 4.98. The van der Waals surface area contributed by atoms with Gasteiger partial charge in [0.15, 0.2) is 0 Å². The number of rotatable bonds is 3. The Morgan fingerprint density at radius 3 is 2.56 bits per heavy atom. The van der Waals surface area contributed by atoms with Gasteiger partial charge in [0.1, 0.15) is 0 Å². The lowest BCUT2D eigenvalue weighted by Crippen LogP contribution is -2.50. The van der Waals surface area contributed by atoms with Crippen LogP contribution in [0.4, 0.5) is 5.69 Å². The topological polar surface area (TPSA) is 24.5 Å². The first-order valence-electron chi connectivity index (χ1n) is 6.70. The molecule has 1 N–H and O–H groups in total. The van der Waals surface area contributed by atoms with E-state index in [-0.39, 0.29) is 0 Å². The van der Waals surface area contributed by atoms with Crippen LogP contribution in [-0.4, -0.2) is 39.4 Å². The number of aryl methyl sites for hydroxylation is 3. The fourth-order valence-electron chi connectivity index (χ4n) is 2.98. The van der Waals surface area contributed by atoms with E-state index in [1.165, 1.54) is 22.4 Å². The third-order valence-corrected chi connectivity index (χ3v) is 3.59. The Hall–Kier alpha value is -1.06. The summed E-state index contributed by atoms with van der Waals surface area (Å²) in [5.41, 5.74) is 5.47. The molecule has 0 aliphatic carbocycles. The minimum atomic E-state index is 0.434. The molecular formula is C15H24N2O. The van der Waals surface area contributed by atoms with Crippen molar-refractivity contribution in [1.29, 1.82) is 0 Å². The lowest BCUT2D eigenvalue weighted by Gasteiger charge is -2.39. The molecule has 1 aliphatic rings. The summed E-state index contributed by atoms with van der Waals surface area (Å²) in [6.07, 6.45) is 0. The standard InChI is InChI=1S/C15H24N2O/c1-11-7-12(2)15(13(3)8-11)17-5-6-18-10-14(17)9-16-4/h7-8,14,16H,5-6,9-10H2,1-4H3. The molecule has 1 heterocycles. The van der Waals surface area contributed by atoms with Crippen molar-refractivity contribution in [2.24, 2.45) is 0 Å². The van der Waals surface area contributed by atoms with E-state index >= 15 is 0 Å². The molecule has 1 aliphatic heterocycles. The first-order chi connectivity index (χ1) is 8.63. The highest BCUT2D eigenvalue weighted by atomic mass is 16.5. The van der Waals surface area contributed by atoms with Crippen LogP contribution in [0.5, 0.6) is 0 Å². The van der Waals surface area contributed by atoms with E-state index in [0.717, 1.165) is 26.3 Å². The van der Waals surface area contributed by atoms with Crippen molar-refractivity contribution in [2.75, 3.05) is 38.3 Å². The third kappa shape index (κ3) is 2.68. The zero-order valence-corrected chi connectivity index (χ0v) is 11.9. The van der Waals surface area contributed by atoms with Gasteiger partial charge in [0.05, 0.1) is 19.3 Å². The van der Waals surface area contributed by atoms with Crippen molar-refractivity contribution in [3.8, 4) is 0 Å². The molecule has 1 aromatic carbocycles. The molecule has 0 saturated carbocycles. The molecule has 1 atom stereocenters. The number of nitrogens with one attached hydrogen (secondary N) is 1. The van der Waals surface area contributed by atoms with Gasteiger partial charge in [-0.05, 0) is 38.9 Å². The number of nitrogens with zero attached hydrogens (tertiary/aromatic N) is 1. The van der Waals surface area contributed by atoms with E-state index in [4.69, 9.17) is 4.74 Å². The molecule has 100 valence electrons. The van der Waals surface area contributed by atoms with Gasteiger partial charge in [0.2, 0.25) is 0 Å². The van der Waals surface area contributed by atoms with Gasteiger partial charge in [0, 0.05) is 18.8 Å². The molecule has 1 unspecified atom stereocenters. The minimum absolute atomic E-state index is 0.434. The molecule has 1 fully saturated rings. The highest BCUT2D eigenvalue weighted by Crippen LogP contribution is 2.28. The number of likely N-dealkylation sites (N-methyl/N-ethyl adjacent to an activating group) is 1. The van der Waals surface area contributed by atoms with Gasteiger partial charge in [0.25, 0.3) is 0 Å². The van der Waals surface area contributed by atoms with Crippen molar-refractivity contribution in [2.45, 2.75) is 26.8 Å². The van der Waals surface area contributed by atoms with Gasteiger partial charge in [-0.1, -0.05) is 17.7 Å². The third-order valence-electron chi connectivity index (χ3n) is 3.59. The molecule has 2 rings (SSSR count). The largest absolute Gasteiger partial charge is 0.377 e. The van der Waals surface area contributed by atoms with Gasteiger partial charge in [-0.3, -0.25) is 0 Å². The second kappa shape index (κ2) is 5.72. The number of morpholine rings is 1. The van der Waals surface area contributed by atoms with E-state index in [1.807, 2.05) is 7.05 Å². The van der Waals surface area contributed by atoms with E-state index in [0.29, 0.717) is 6.04 Å². The smallest absolute Gasteiger partial charge is 0.0683 e. The number of hydrogen-bond donors (Lipinski definition) is 1. The highest BCUT2D eigenvalue weighted by Gasteiger charge is 2.24. The summed E-state index contributed by atoms with van der Waals surface area (Å²) in [7, 11) is 2.00. The molecule has 1 saturated heterocycles. The van der Waals surface area contributed by atoms with Crippen LogP contribution in [-0.2, 0) is 4.74 Å². The first-order valence-corrected chi connectivity index (χ1v) is 6.70. The van der Waals surface area contributed by atoms with Crippen LogP contribution in [0.15, 0.2) is 12.1 Å². The van der Waals surface area contributed by atoms with Crippen LogP contribution < -0.4 is 10.2 Å². The van der Waals surface area contributed by atoms with Crippen molar-refractivity contribution >= 4 is 5.69 Å². The van der Waals surface area contributed by atoms with E-state index < -0.39 is 0 Å². The lowest BCUT2D eigenvalue weighted by molar-refractivity contribution is 0.0942. The van der Waals surface area contributed by atoms with Crippen LogP contribution in [0, 0.1) is 20.8 Å². The van der Waals surface area contributed by atoms with E-state index in [2.05, 4.69) is 43.1 Å². The molecule has 3 heteroatoms. The van der Waals surface area contributed by atoms with Crippen LogP contribution >= 0.6 is 0 Å². The summed E-state index contributed by atoms with van der Waals surface area (Å²) in [5.74, 6) is 0. The summed E-state index contributed by atoms with van der Waals surface area (Å²) >= 11 is 0. The second-order valence-electron chi connectivity index (χ2n) is 5.23. The van der Waals surface area contributed by atoms with Gasteiger partial charge in [-0.15, -0.1) is 0 Å². The highest BCUT2D eigenvalue weighted by molar-refractivity contribution is 5.61. The fourth-order valence-corrected chi connectivity index (χ4v) is 2.98. The Morgan fingerprint density at radius 1 is 1.28 bits per heavy atom. The predicted octanol–water partition coefficient (Wildman–Crippen LogP) is 2.04. The first kappa shape index (κ1) is 13.4. The van der Waals surface area contributed by atoms with Crippen LogP contribution in [0.2, 0.25) is 0 Å².